The number of esters is 3. The topological polar surface area (TPSA) is 180 Å². The number of azide groups is 1. The number of hydrogen-bond acceptors (Lipinski definition) is 11. The van der Waals surface area contributed by atoms with Crippen LogP contribution in [0, 0.1) is 6.92 Å². The first kappa shape index (κ1) is 30.9. The Labute approximate surface area is 225 Å². The molecule has 0 saturated carbocycles. The number of carbonyl (C=O) groups is 3. The molecule has 2 aromatic rings. The summed E-state index contributed by atoms with van der Waals surface area (Å²) in [4.78, 5) is 41.6. The highest BCUT2D eigenvalue weighted by atomic mass is 32.2. The molecule has 0 fully saturated rings. The van der Waals surface area contributed by atoms with Gasteiger partial charge in [0.25, 0.3) is 0 Å². The monoisotopic (exact) mass is 563 g/mol. The SMILES string of the molecule is CCOC(=O)c1c(CC(N=[N+]=[N-])(C(=O)OCC)C(=O)OCC)cc(OC)cc1OS(=O)(=O)c1ccc(C)cc1. The summed E-state index contributed by atoms with van der Waals surface area (Å²) in [6.07, 6.45) is -0.777. The lowest BCUT2D eigenvalue weighted by Gasteiger charge is -2.26. The van der Waals surface area contributed by atoms with E-state index >= 15 is 0 Å². The molecule has 0 aliphatic rings. The second-order valence-electron chi connectivity index (χ2n) is 7.90. The average Bonchev–Trinajstić information content (AvgIpc) is 2.88. The van der Waals surface area contributed by atoms with Gasteiger partial charge in [0, 0.05) is 17.4 Å². The molecule has 0 aliphatic heterocycles. The summed E-state index contributed by atoms with van der Waals surface area (Å²) in [5.74, 6) is -4.03. The van der Waals surface area contributed by atoms with Crippen LogP contribution in [0.1, 0.15) is 42.3 Å². The van der Waals surface area contributed by atoms with Gasteiger partial charge in [-0.05, 0) is 57.0 Å². The van der Waals surface area contributed by atoms with Crippen LogP contribution in [0.2, 0.25) is 0 Å². The van der Waals surface area contributed by atoms with Crippen LogP contribution < -0.4 is 8.92 Å². The zero-order valence-corrected chi connectivity index (χ0v) is 22.9. The molecule has 0 aliphatic carbocycles. The number of nitrogens with zero attached hydrogens (tertiary/aromatic N) is 3. The summed E-state index contributed by atoms with van der Waals surface area (Å²) in [7, 11) is -3.21. The van der Waals surface area contributed by atoms with Gasteiger partial charge in [-0.1, -0.05) is 22.8 Å². The molecule has 14 heteroatoms. The highest BCUT2D eigenvalue weighted by Crippen LogP contribution is 2.35. The van der Waals surface area contributed by atoms with Crippen molar-refractivity contribution in [2.24, 2.45) is 5.11 Å². The molecule has 0 radical (unpaired) electrons. The van der Waals surface area contributed by atoms with Gasteiger partial charge < -0.3 is 23.1 Å². The van der Waals surface area contributed by atoms with Crippen molar-refractivity contribution in [2.75, 3.05) is 26.9 Å². The normalized spacial score (nSPS) is 11.1. The Morgan fingerprint density at radius 3 is 2.00 bits per heavy atom. The van der Waals surface area contributed by atoms with Crippen molar-refractivity contribution in [3.05, 3.63) is 63.5 Å². The summed E-state index contributed by atoms with van der Waals surface area (Å²) in [6, 6.07) is 8.15. The van der Waals surface area contributed by atoms with Gasteiger partial charge in [0.15, 0.2) is 5.75 Å². The minimum atomic E-state index is -4.48. The number of hydrogen-bond donors (Lipinski definition) is 0. The van der Waals surface area contributed by atoms with E-state index in [0.717, 1.165) is 11.6 Å². The lowest BCUT2D eigenvalue weighted by atomic mass is 9.88. The molecule has 2 rings (SSSR count). The zero-order valence-electron chi connectivity index (χ0n) is 22.1. The highest BCUT2D eigenvalue weighted by Gasteiger charge is 2.50. The van der Waals surface area contributed by atoms with E-state index in [4.69, 9.17) is 23.1 Å². The van der Waals surface area contributed by atoms with Crippen molar-refractivity contribution in [3.63, 3.8) is 0 Å². The first-order valence-corrected chi connectivity index (χ1v) is 13.2. The molecule has 210 valence electrons. The fraction of sp³-hybridized carbons (Fsp3) is 0.400. The maximum Gasteiger partial charge on any atom is 0.342 e. The van der Waals surface area contributed by atoms with Crippen molar-refractivity contribution < 1.29 is 45.9 Å². The Hall–Kier alpha value is -4.29. The molecule has 0 bridgehead atoms. The second-order valence-corrected chi connectivity index (χ2v) is 9.44. The zero-order chi connectivity index (χ0) is 29.2. The number of aryl methyl sites for hydroxylation is 1. The predicted octanol–water partition coefficient (Wildman–Crippen LogP) is 3.67. The summed E-state index contributed by atoms with van der Waals surface area (Å²) in [6.45, 7) is 5.79. The molecule has 0 aromatic heterocycles. The van der Waals surface area contributed by atoms with Gasteiger partial charge in [-0.2, -0.15) is 8.42 Å². The van der Waals surface area contributed by atoms with Crippen LogP contribution in [0.4, 0.5) is 0 Å². The minimum Gasteiger partial charge on any atom is -0.497 e. The van der Waals surface area contributed by atoms with Crippen LogP contribution in [-0.2, 0) is 40.3 Å². The van der Waals surface area contributed by atoms with E-state index in [1.54, 1.807) is 19.1 Å². The van der Waals surface area contributed by atoms with Crippen molar-refractivity contribution in [3.8, 4) is 11.5 Å². The molecule has 0 saturated heterocycles. The first-order valence-electron chi connectivity index (χ1n) is 11.8. The summed E-state index contributed by atoms with van der Waals surface area (Å²) in [5.41, 5.74) is 6.83. The molecular formula is C25H29N3O10S. The fourth-order valence-corrected chi connectivity index (χ4v) is 4.41. The van der Waals surface area contributed by atoms with Gasteiger partial charge in [-0.3, -0.25) is 9.59 Å². The van der Waals surface area contributed by atoms with E-state index < -0.39 is 51.3 Å². The van der Waals surface area contributed by atoms with Crippen LogP contribution in [0.25, 0.3) is 10.4 Å². The molecule has 0 heterocycles. The summed E-state index contributed by atoms with van der Waals surface area (Å²) in [5, 5.41) is 3.43. The maximum absolute atomic E-state index is 13.1. The Kier molecular flexibility index (Phi) is 10.7. The van der Waals surface area contributed by atoms with E-state index in [9.17, 15) is 28.3 Å². The Morgan fingerprint density at radius 1 is 0.949 bits per heavy atom. The molecule has 0 unspecified atom stereocenters. The minimum absolute atomic E-state index is 0.00490. The Balaban J connectivity index is 2.84. The molecule has 0 amide bonds. The van der Waals surface area contributed by atoms with Crippen molar-refractivity contribution in [1.82, 2.24) is 0 Å². The molecule has 13 nitrogen and oxygen atoms in total. The Bertz CT molecular complexity index is 1350. The lowest BCUT2D eigenvalue weighted by Crippen LogP contribution is -2.49. The smallest absolute Gasteiger partial charge is 0.342 e. The van der Waals surface area contributed by atoms with Gasteiger partial charge in [0.1, 0.15) is 16.2 Å². The average molecular weight is 564 g/mol. The summed E-state index contributed by atoms with van der Waals surface area (Å²) >= 11 is 0. The van der Waals surface area contributed by atoms with E-state index in [0.29, 0.717) is 0 Å². The number of methoxy groups -OCH3 is 1. The van der Waals surface area contributed by atoms with Crippen LogP contribution in [0.3, 0.4) is 0 Å². The van der Waals surface area contributed by atoms with E-state index in [2.05, 4.69) is 10.0 Å². The van der Waals surface area contributed by atoms with Crippen molar-refractivity contribution in [2.45, 2.75) is 44.6 Å². The molecular weight excluding hydrogens is 534 g/mol. The third-order valence-corrected chi connectivity index (χ3v) is 6.52. The van der Waals surface area contributed by atoms with Crippen molar-refractivity contribution in [1.29, 1.82) is 0 Å². The molecule has 2 aromatic carbocycles. The van der Waals surface area contributed by atoms with Gasteiger partial charge >= 0.3 is 28.0 Å². The summed E-state index contributed by atoms with van der Waals surface area (Å²) < 4.78 is 51.9. The second kappa shape index (κ2) is 13.5. The molecule has 0 N–H and O–H groups in total. The quantitative estimate of drug-likeness (QED) is 0.0663. The van der Waals surface area contributed by atoms with E-state index in [1.165, 1.54) is 46.1 Å². The standard InChI is InChI=1S/C25H29N3O10S/c1-6-35-22(29)21-17(15-25(27-28-26,23(30)36-7-2)24(31)37-8-3)13-18(34-5)14-20(21)38-39(32,33)19-11-9-16(4)10-12-19/h9-14H,6-8,15H2,1-5H3. The molecule has 0 atom stereocenters. The fourth-order valence-electron chi connectivity index (χ4n) is 3.47. The number of rotatable bonds is 13. The van der Waals surface area contributed by atoms with Crippen LogP contribution >= 0.6 is 0 Å². The third-order valence-electron chi connectivity index (χ3n) is 5.27. The van der Waals surface area contributed by atoms with Gasteiger partial charge in [0.2, 0.25) is 5.54 Å². The van der Waals surface area contributed by atoms with Gasteiger partial charge in [0.05, 0.1) is 26.9 Å². The van der Waals surface area contributed by atoms with Gasteiger partial charge in [-0.25, -0.2) is 4.79 Å². The highest BCUT2D eigenvalue weighted by molar-refractivity contribution is 7.87. The van der Waals surface area contributed by atoms with E-state index in [1.807, 2.05) is 0 Å². The number of carbonyl (C=O) groups excluding carboxylic acids is 3. The number of benzene rings is 2. The largest absolute Gasteiger partial charge is 0.497 e. The number of ether oxygens (including phenoxy) is 4. The van der Waals surface area contributed by atoms with E-state index in [-0.39, 0.29) is 36.0 Å². The molecule has 0 spiro atoms. The Morgan fingerprint density at radius 2 is 1.51 bits per heavy atom. The predicted molar refractivity (Wildman–Crippen MR) is 137 cm³/mol. The van der Waals surface area contributed by atoms with Crippen molar-refractivity contribution >= 4 is 28.0 Å². The van der Waals surface area contributed by atoms with Crippen LogP contribution in [0.5, 0.6) is 11.5 Å². The molecule has 39 heavy (non-hydrogen) atoms. The first-order chi connectivity index (χ1) is 18.5. The third kappa shape index (κ3) is 7.18. The lowest BCUT2D eigenvalue weighted by molar-refractivity contribution is -0.163. The van der Waals surface area contributed by atoms with Crippen LogP contribution in [-0.4, -0.2) is 58.8 Å². The van der Waals surface area contributed by atoms with Gasteiger partial charge in [-0.15, -0.1) is 0 Å². The maximum atomic E-state index is 13.1. The van der Waals surface area contributed by atoms with Crippen LogP contribution in [0.15, 0.2) is 46.4 Å².